The van der Waals surface area contributed by atoms with Crippen molar-refractivity contribution < 1.29 is 9.13 Å². The molecule has 24 heavy (non-hydrogen) atoms. The second-order valence-electron chi connectivity index (χ2n) is 5.26. The summed E-state index contributed by atoms with van der Waals surface area (Å²) < 4.78 is 18.8. The summed E-state index contributed by atoms with van der Waals surface area (Å²) in [5.74, 6) is 0.642. The van der Waals surface area contributed by atoms with Gasteiger partial charge in [0.25, 0.3) is 0 Å². The van der Waals surface area contributed by atoms with Crippen LogP contribution in [0.25, 0.3) is 11.3 Å². The SMILES string of the molecule is COc1cnc(Cl)cc1-c1nc(N)ccc1Cc1cccc(F)c1. The van der Waals surface area contributed by atoms with E-state index in [1.54, 1.807) is 25.3 Å². The summed E-state index contributed by atoms with van der Waals surface area (Å²) >= 11 is 6.02. The van der Waals surface area contributed by atoms with Crippen LogP contribution in [-0.4, -0.2) is 17.1 Å². The summed E-state index contributed by atoms with van der Waals surface area (Å²) in [6, 6.07) is 11.7. The van der Waals surface area contributed by atoms with Crippen molar-refractivity contribution in [2.45, 2.75) is 6.42 Å². The third-order valence-corrected chi connectivity index (χ3v) is 3.80. The minimum absolute atomic E-state index is 0.276. The Morgan fingerprint density at radius 3 is 2.79 bits per heavy atom. The lowest BCUT2D eigenvalue weighted by Crippen LogP contribution is -2.01. The Hall–Kier alpha value is -2.66. The molecule has 0 aliphatic carbocycles. The van der Waals surface area contributed by atoms with Gasteiger partial charge in [-0.1, -0.05) is 29.8 Å². The van der Waals surface area contributed by atoms with Gasteiger partial charge >= 0.3 is 0 Å². The van der Waals surface area contributed by atoms with Crippen molar-refractivity contribution in [2.75, 3.05) is 12.8 Å². The highest BCUT2D eigenvalue weighted by Crippen LogP contribution is 2.33. The molecule has 0 aliphatic heterocycles. The van der Waals surface area contributed by atoms with Crippen molar-refractivity contribution in [1.82, 2.24) is 9.97 Å². The molecule has 0 saturated carbocycles. The predicted molar refractivity (Wildman–Crippen MR) is 92.6 cm³/mol. The Morgan fingerprint density at radius 1 is 1.21 bits per heavy atom. The maximum absolute atomic E-state index is 13.4. The first-order chi connectivity index (χ1) is 11.6. The van der Waals surface area contributed by atoms with Crippen LogP contribution in [0.1, 0.15) is 11.1 Å². The average molecular weight is 344 g/mol. The lowest BCUT2D eigenvalue weighted by molar-refractivity contribution is 0.414. The van der Waals surface area contributed by atoms with Gasteiger partial charge in [-0.15, -0.1) is 0 Å². The Labute approximate surface area is 144 Å². The maximum Gasteiger partial charge on any atom is 0.146 e. The van der Waals surface area contributed by atoms with Crippen LogP contribution in [0.15, 0.2) is 48.7 Å². The summed E-state index contributed by atoms with van der Waals surface area (Å²) in [7, 11) is 1.55. The molecule has 0 fully saturated rings. The molecule has 6 heteroatoms. The molecule has 0 atom stereocenters. The van der Waals surface area contributed by atoms with E-state index >= 15 is 0 Å². The van der Waals surface area contributed by atoms with Crippen molar-refractivity contribution in [2.24, 2.45) is 0 Å². The van der Waals surface area contributed by atoms with Gasteiger partial charge < -0.3 is 10.5 Å². The number of halogens is 2. The van der Waals surface area contributed by atoms with Crippen LogP contribution in [-0.2, 0) is 6.42 Å². The van der Waals surface area contributed by atoms with E-state index in [1.807, 2.05) is 12.1 Å². The van der Waals surface area contributed by atoms with Gasteiger partial charge in [0.1, 0.15) is 22.5 Å². The molecule has 122 valence electrons. The van der Waals surface area contributed by atoms with Crippen LogP contribution >= 0.6 is 11.6 Å². The summed E-state index contributed by atoms with van der Waals surface area (Å²) in [5.41, 5.74) is 8.90. The molecule has 0 spiro atoms. The highest BCUT2D eigenvalue weighted by Gasteiger charge is 2.15. The lowest BCUT2D eigenvalue weighted by Gasteiger charge is -2.13. The van der Waals surface area contributed by atoms with E-state index in [-0.39, 0.29) is 5.82 Å². The molecule has 0 saturated heterocycles. The fraction of sp³-hybridized carbons (Fsp3) is 0.111. The molecule has 3 aromatic rings. The third kappa shape index (κ3) is 3.46. The van der Waals surface area contributed by atoms with Gasteiger partial charge in [-0.2, -0.15) is 0 Å². The van der Waals surface area contributed by atoms with E-state index in [4.69, 9.17) is 22.1 Å². The maximum atomic E-state index is 13.4. The smallest absolute Gasteiger partial charge is 0.146 e. The van der Waals surface area contributed by atoms with Crippen molar-refractivity contribution in [3.05, 3.63) is 70.8 Å². The molecule has 2 N–H and O–H groups in total. The van der Waals surface area contributed by atoms with Crippen LogP contribution in [0.4, 0.5) is 10.2 Å². The van der Waals surface area contributed by atoms with Crippen LogP contribution in [0.2, 0.25) is 5.15 Å². The fourth-order valence-electron chi connectivity index (χ4n) is 2.51. The molecular weight excluding hydrogens is 329 g/mol. The number of nitrogens with zero attached hydrogens (tertiary/aromatic N) is 2. The van der Waals surface area contributed by atoms with Gasteiger partial charge in [-0.25, -0.2) is 14.4 Å². The van der Waals surface area contributed by atoms with E-state index < -0.39 is 0 Å². The first-order valence-corrected chi connectivity index (χ1v) is 7.64. The first kappa shape index (κ1) is 16.2. The van der Waals surface area contributed by atoms with Gasteiger partial charge in [0.15, 0.2) is 0 Å². The Morgan fingerprint density at radius 2 is 2.04 bits per heavy atom. The number of ether oxygens (including phenoxy) is 1. The third-order valence-electron chi connectivity index (χ3n) is 3.59. The molecule has 0 bridgehead atoms. The largest absolute Gasteiger partial charge is 0.494 e. The van der Waals surface area contributed by atoms with Crippen LogP contribution in [0, 0.1) is 5.82 Å². The van der Waals surface area contributed by atoms with Crippen molar-refractivity contribution in [1.29, 1.82) is 0 Å². The number of pyridine rings is 2. The highest BCUT2D eigenvalue weighted by atomic mass is 35.5. The number of methoxy groups -OCH3 is 1. The van der Waals surface area contributed by atoms with Crippen LogP contribution in [0.5, 0.6) is 5.75 Å². The van der Waals surface area contributed by atoms with Crippen molar-refractivity contribution in [3.63, 3.8) is 0 Å². The molecular formula is C18H15ClFN3O. The summed E-state index contributed by atoms with van der Waals surface area (Å²) in [6.45, 7) is 0. The van der Waals surface area contributed by atoms with Crippen molar-refractivity contribution >= 4 is 17.4 Å². The molecule has 0 aliphatic rings. The predicted octanol–water partition coefficient (Wildman–Crippen LogP) is 4.12. The number of hydrogen-bond acceptors (Lipinski definition) is 4. The minimum atomic E-state index is -0.276. The zero-order valence-electron chi connectivity index (χ0n) is 13.0. The lowest BCUT2D eigenvalue weighted by atomic mass is 9.99. The highest BCUT2D eigenvalue weighted by molar-refractivity contribution is 6.29. The summed E-state index contributed by atoms with van der Waals surface area (Å²) in [6.07, 6.45) is 2.04. The molecule has 0 unspecified atom stereocenters. The number of benzene rings is 1. The van der Waals surface area contributed by atoms with Gasteiger partial charge in [-0.05, 0) is 41.8 Å². The van der Waals surface area contributed by atoms with Crippen LogP contribution in [0.3, 0.4) is 0 Å². The molecule has 0 amide bonds. The Kier molecular flexibility index (Phi) is 4.62. The normalized spacial score (nSPS) is 10.6. The van der Waals surface area contributed by atoms with Gasteiger partial charge in [-0.3, -0.25) is 0 Å². The summed E-state index contributed by atoms with van der Waals surface area (Å²) in [4.78, 5) is 8.44. The molecule has 4 nitrogen and oxygen atoms in total. The van der Waals surface area contributed by atoms with Crippen LogP contribution < -0.4 is 10.5 Å². The minimum Gasteiger partial charge on any atom is -0.494 e. The zero-order valence-corrected chi connectivity index (χ0v) is 13.7. The van der Waals surface area contributed by atoms with Gasteiger partial charge in [0, 0.05) is 5.56 Å². The number of rotatable bonds is 4. The van der Waals surface area contributed by atoms with Gasteiger partial charge in [0.2, 0.25) is 0 Å². The molecule has 0 radical (unpaired) electrons. The average Bonchev–Trinajstić information content (AvgIpc) is 2.56. The Balaban J connectivity index is 2.11. The molecule has 2 aromatic heterocycles. The standard InChI is InChI=1S/C18H15ClFN3O/c1-24-15-10-22-16(19)9-14(15)18-12(5-6-17(21)23-18)7-11-3-2-4-13(20)8-11/h2-6,8-10H,7H2,1H3,(H2,21,23). The number of nitrogens with two attached hydrogens (primary N) is 1. The van der Waals surface area contributed by atoms with Crippen molar-refractivity contribution in [3.8, 4) is 17.0 Å². The second kappa shape index (κ2) is 6.84. The Bertz CT molecular complexity index is 886. The molecule has 2 heterocycles. The van der Waals surface area contributed by atoms with E-state index in [9.17, 15) is 4.39 Å². The topological polar surface area (TPSA) is 61.0 Å². The van der Waals surface area contributed by atoms with E-state index in [2.05, 4.69) is 9.97 Å². The molecule has 1 aromatic carbocycles. The summed E-state index contributed by atoms with van der Waals surface area (Å²) in [5, 5.41) is 0.326. The van der Waals surface area contributed by atoms with E-state index in [1.165, 1.54) is 18.3 Å². The number of nitrogen functional groups attached to an aromatic ring is 1. The number of hydrogen-bond donors (Lipinski definition) is 1. The number of aromatic nitrogens is 2. The monoisotopic (exact) mass is 343 g/mol. The zero-order chi connectivity index (χ0) is 17.1. The fourth-order valence-corrected chi connectivity index (χ4v) is 2.67. The van der Waals surface area contributed by atoms with E-state index in [0.717, 1.165) is 11.1 Å². The quantitative estimate of drug-likeness (QED) is 0.724. The van der Waals surface area contributed by atoms with Gasteiger partial charge in [0.05, 0.1) is 19.0 Å². The molecule has 3 rings (SSSR count). The first-order valence-electron chi connectivity index (χ1n) is 7.26. The second-order valence-corrected chi connectivity index (χ2v) is 5.65. The number of anilines is 1. The van der Waals surface area contributed by atoms with E-state index in [0.29, 0.717) is 34.4 Å².